The van der Waals surface area contributed by atoms with E-state index in [1.807, 2.05) is 0 Å². The number of primary amides is 1. The van der Waals surface area contributed by atoms with Crippen molar-refractivity contribution in [1.82, 2.24) is 5.32 Å². The Hall–Kier alpha value is -2.97. The number of rotatable bonds is 9. The van der Waals surface area contributed by atoms with Crippen LogP contribution < -0.4 is 25.3 Å². The van der Waals surface area contributed by atoms with Crippen molar-refractivity contribution in [2.75, 3.05) is 21.3 Å². The average molecular weight is 340 g/mol. The van der Waals surface area contributed by atoms with Crippen LogP contribution in [-0.4, -0.2) is 50.3 Å². The van der Waals surface area contributed by atoms with Gasteiger partial charge in [-0.25, -0.2) is 4.79 Å². The zero-order valence-corrected chi connectivity index (χ0v) is 13.6. The van der Waals surface area contributed by atoms with Crippen LogP contribution in [0.5, 0.6) is 17.2 Å². The first-order valence-corrected chi connectivity index (χ1v) is 6.96. The molecule has 4 N–H and O–H groups in total. The first-order valence-electron chi connectivity index (χ1n) is 6.96. The Balaban J connectivity index is 3.04. The third kappa shape index (κ3) is 4.77. The molecule has 0 aliphatic rings. The molecule has 0 aliphatic carbocycles. The molecule has 1 atom stereocenters. The van der Waals surface area contributed by atoms with Gasteiger partial charge in [0.1, 0.15) is 6.04 Å². The summed E-state index contributed by atoms with van der Waals surface area (Å²) < 4.78 is 15.4. The summed E-state index contributed by atoms with van der Waals surface area (Å²) in [5.41, 5.74) is 5.12. The Morgan fingerprint density at radius 3 is 2.04 bits per heavy atom. The Labute approximate surface area is 138 Å². The molecule has 1 aromatic rings. The number of aliphatic carboxylic acids is 1. The maximum Gasteiger partial charge on any atom is 0.326 e. The van der Waals surface area contributed by atoms with Gasteiger partial charge in [0, 0.05) is 12.0 Å². The molecule has 9 heteroatoms. The summed E-state index contributed by atoms with van der Waals surface area (Å²) in [5.74, 6) is -1.76. The van der Waals surface area contributed by atoms with E-state index in [-0.39, 0.29) is 29.9 Å². The largest absolute Gasteiger partial charge is 0.493 e. The molecule has 0 fully saturated rings. The van der Waals surface area contributed by atoms with Crippen LogP contribution in [0, 0.1) is 0 Å². The van der Waals surface area contributed by atoms with E-state index in [1.165, 1.54) is 33.5 Å². The van der Waals surface area contributed by atoms with Crippen molar-refractivity contribution in [1.29, 1.82) is 0 Å². The average Bonchev–Trinajstić information content (AvgIpc) is 2.56. The van der Waals surface area contributed by atoms with Crippen LogP contribution in [0.2, 0.25) is 0 Å². The number of carbonyl (C=O) groups is 3. The van der Waals surface area contributed by atoms with E-state index in [0.29, 0.717) is 5.75 Å². The number of hydrogen-bond donors (Lipinski definition) is 3. The molecule has 2 amide bonds. The summed E-state index contributed by atoms with van der Waals surface area (Å²) in [6, 6.07) is 1.54. The summed E-state index contributed by atoms with van der Waals surface area (Å²) in [6.45, 7) is 0. The van der Waals surface area contributed by atoms with E-state index >= 15 is 0 Å². The van der Waals surface area contributed by atoms with Gasteiger partial charge >= 0.3 is 5.97 Å². The predicted molar refractivity (Wildman–Crippen MR) is 83.4 cm³/mol. The Bertz CT molecular complexity index is 605. The van der Waals surface area contributed by atoms with Gasteiger partial charge in [0.15, 0.2) is 11.5 Å². The van der Waals surface area contributed by atoms with Crippen LogP contribution in [-0.2, 0) is 9.59 Å². The highest BCUT2D eigenvalue weighted by molar-refractivity contribution is 5.97. The number of hydrogen-bond acceptors (Lipinski definition) is 6. The highest BCUT2D eigenvalue weighted by Gasteiger charge is 2.23. The number of nitrogens with one attached hydrogen (secondary N) is 1. The van der Waals surface area contributed by atoms with Crippen molar-refractivity contribution in [2.24, 2.45) is 5.73 Å². The van der Waals surface area contributed by atoms with Gasteiger partial charge < -0.3 is 30.4 Å². The van der Waals surface area contributed by atoms with Crippen LogP contribution in [0.25, 0.3) is 0 Å². The van der Waals surface area contributed by atoms with E-state index in [1.54, 1.807) is 0 Å². The summed E-state index contributed by atoms with van der Waals surface area (Å²) in [5, 5.41) is 11.5. The van der Waals surface area contributed by atoms with Crippen LogP contribution in [0.1, 0.15) is 23.2 Å². The molecule has 0 bridgehead atoms. The van der Waals surface area contributed by atoms with Crippen LogP contribution >= 0.6 is 0 Å². The topological polar surface area (TPSA) is 137 Å². The van der Waals surface area contributed by atoms with Crippen molar-refractivity contribution in [2.45, 2.75) is 18.9 Å². The number of carboxylic acids is 1. The minimum absolute atomic E-state index is 0.110. The van der Waals surface area contributed by atoms with Gasteiger partial charge in [-0.2, -0.15) is 0 Å². The lowest BCUT2D eigenvalue weighted by molar-refractivity contribution is -0.139. The summed E-state index contributed by atoms with van der Waals surface area (Å²) >= 11 is 0. The Kier molecular flexibility index (Phi) is 6.84. The predicted octanol–water partition coefficient (Wildman–Crippen LogP) is 0.161. The second kappa shape index (κ2) is 8.61. The van der Waals surface area contributed by atoms with Gasteiger partial charge in [0.05, 0.1) is 21.3 Å². The second-order valence-corrected chi connectivity index (χ2v) is 4.78. The van der Waals surface area contributed by atoms with Crippen LogP contribution in [0.3, 0.4) is 0 Å². The van der Waals surface area contributed by atoms with E-state index in [2.05, 4.69) is 5.32 Å². The summed E-state index contributed by atoms with van der Waals surface area (Å²) in [6.07, 6.45) is -0.271. The maximum absolute atomic E-state index is 12.3. The molecule has 0 saturated heterocycles. The van der Waals surface area contributed by atoms with Crippen molar-refractivity contribution in [3.8, 4) is 17.2 Å². The van der Waals surface area contributed by atoms with Crippen molar-refractivity contribution in [3.63, 3.8) is 0 Å². The number of benzene rings is 1. The molecular formula is C15H20N2O7. The van der Waals surface area contributed by atoms with Gasteiger partial charge in [-0.15, -0.1) is 0 Å². The van der Waals surface area contributed by atoms with Gasteiger partial charge in [-0.3, -0.25) is 9.59 Å². The van der Waals surface area contributed by atoms with E-state index in [4.69, 9.17) is 25.1 Å². The highest BCUT2D eigenvalue weighted by atomic mass is 16.5. The molecule has 0 saturated carbocycles. The van der Waals surface area contributed by atoms with Gasteiger partial charge in [0.2, 0.25) is 11.7 Å². The lowest BCUT2D eigenvalue weighted by Crippen LogP contribution is -2.41. The molecule has 0 aliphatic heterocycles. The number of methoxy groups -OCH3 is 3. The lowest BCUT2D eigenvalue weighted by Gasteiger charge is -2.16. The normalized spacial score (nSPS) is 11.3. The van der Waals surface area contributed by atoms with E-state index in [0.717, 1.165) is 0 Å². The third-order valence-electron chi connectivity index (χ3n) is 3.21. The van der Waals surface area contributed by atoms with Crippen molar-refractivity contribution >= 4 is 17.8 Å². The quantitative estimate of drug-likeness (QED) is 0.582. The summed E-state index contributed by atoms with van der Waals surface area (Å²) in [4.78, 5) is 34.3. The van der Waals surface area contributed by atoms with Crippen molar-refractivity contribution < 1.29 is 33.7 Å². The molecular weight excluding hydrogens is 320 g/mol. The smallest absolute Gasteiger partial charge is 0.326 e. The minimum atomic E-state index is -1.27. The molecule has 0 heterocycles. The molecule has 24 heavy (non-hydrogen) atoms. The molecule has 1 rings (SSSR count). The molecule has 1 aromatic carbocycles. The number of nitrogens with two attached hydrogens (primary N) is 1. The third-order valence-corrected chi connectivity index (χ3v) is 3.21. The Morgan fingerprint density at radius 2 is 1.67 bits per heavy atom. The summed E-state index contributed by atoms with van der Waals surface area (Å²) in [7, 11) is 4.21. The van der Waals surface area contributed by atoms with Crippen LogP contribution in [0.15, 0.2) is 12.1 Å². The first-order chi connectivity index (χ1) is 11.3. The molecule has 9 nitrogen and oxygen atoms in total. The standard InChI is InChI=1S/C15H20N2O7/c1-22-10-6-8(7-11(23-2)13(10)24-3)14(19)17-9(15(20)21)4-5-12(16)18/h6-7,9H,4-5H2,1-3H3,(H2,16,18)(H,17,19)(H,20,21). The molecule has 0 spiro atoms. The minimum Gasteiger partial charge on any atom is -0.493 e. The number of carbonyl (C=O) groups excluding carboxylic acids is 2. The molecule has 0 radical (unpaired) electrons. The molecule has 1 unspecified atom stereocenters. The number of carboxylic acid groups (broad SMARTS) is 1. The highest BCUT2D eigenvalue weighted by Crippen LogP contribution is 2.38. The Morgan fingerprint density at radius 1 is 1.12 bits per heavy atom. The SMILES string of the molecule is COc1cc(C(=O)NC(CCC(N)=O)C(=O)O)cc(OC)c1OC. The first kappa shape index (κ1) is 19.1. The number of ether oxygens (including phenoxy) is 3. The van der Waals surface area contributed by atoms with Crippen LogP contribution in [0.4, 0.5) is 0 Å². The van der Waals surface area contributed by atoms with E-state index in [9.17, 15) is 14.4 Å². The molecule has 132 valence electrons. The van der Waals surface area contributed by atoms with Gasteiger partial charge in [0.25, 0.3) is 5.91 Å². The maximum atomic E-state index is 12.3. The fourth-order valence-corrected chi connectivity index (χ4v) is 2.00. The fourth-order valence-electron chi connectivity index (χ4n) is 2.00. The van der Waals surface area contributed by atoms with Crippen molar-refractivity contribution in [3.05, 3.63) is 17.7 Å². The second-order valence-electron chi connectivity index (χ2n) is 4.78. The monoisotopic (exact) mass is 340 g/mol. The lowest BCUT2D eigenvalue weighted by atomic mass is 10.1. The van der Waals surface area contributed by atoms with Gasteiger partial charge in [-0.1, -0.05) is 0 Å². The zero-order chi connectivity index (χ0) is 18.3. The van der Waals surface area contributed by atoms with E-state index < -0.39 is 23.8 Å². The fraction of sp³-hybridized carbons (Fsp3) is 0.400. The molecule has 0 aromatic heterocycles. The number of amides is 2. The van der Waals surface area contributed by atoms with Gasteiger partial charge in [-0.05, 0) is 18.6 Å². The zero-order valence-electron chi connectivity index (χ0n) is 13.6.